The number of carbonyl (C=O) groups is 1. The molecule has 0 spiro atoms. The second kappa shape index (κ2) is 8.53. The molecule has 0 fully saturated rings. The van der Waals surface area contributed by atoms with Crippen LogP contribution in [0.4, 0.5) is 0 Å². The fourth-order valence-corrected chi connectivity index (χ4v) is 2.57. The van der Waals surface area contributed by atoms with Gasteiger partial charge in [-0.1, -0.05) is 11.2 Å². The van der Waals surface area contributed by atoms with E-state index in [9.17, 15) is 9.90 Å². The normalized spacial score (nSPS) is 11.9. The number of nitrogens with one attached hydrogen (secondary N) is 1. The highest BCUT2D eigenvalue weighted by Crippen LogP contribution is 2.29. The van der Waals surface area contributed by atoms with Gasteiger partial charge in [0.25, 0.3) is 0 Å². The predicted molar refractivity (Wildman–Crippen MR) is 91.8 cm³/mol. The number of amides is 1. The lowest BCUT2D eigenvalue weighted by Gasteiger charge is -2.15. The first-order chi connectivity index (χ1) is 12.0. The molecule has 7 heteroatoms. The average Bonchev–Trinajstić information content (AvgIpc) is 2.95. The van der Waals surface area contributed by atoms with Gasteiger partial charge in [0.05, 0.1) is 26.0 Å². The molecule has 0 radical (unpaired) electrons. The van der Waals surface area contributed by atoms with Crippen LogP contribution in [0, 0.1) is 13.8 Å². The van der Waals surface area contributed by atoms with Gasteiger partial charge in [-0.2, -0.15) is 0 Å². The molecule has 1 heterocycles. The van der Waals surface area contributed by atoms with E-state index in [0.717, 1.165) is 17.0 Å². The van der Waals surface area contributed by atoms with Gasteiger partial charge in [-0.3, -0.25) is 4.79 Å². The number of nitrogens with zero attached hydrogens (tertiary/aromatic N) is 1. The maximum Gasteiger partial charge on any atom is 0.220 e. The summed E-state index contributed by atoms with van der Waals surface area (Å²) >= 11 is 0. The predicted octanol–water partition coefficient (Wildman–Crippen LogP) is 2.09. The van der Waals surface area contributed by atoms with Crippen molar-refractivity contribution in [2.75, 3.05) is 20.8 Å². The molecular formula is C18H24N2O5. The van der Waals surface area contributed by atoms with Crippen LogP contribution in [-0.4, -0.2) is 36.9 Å². The van der Waals surface area contributed by atoms with Crippen molar-refractivity contribution in [1.29, 1.82) is 0 Å². The van der Waals surface area contributed by atoms with Crippen molar-refractivity contribution in [3.8, 4) is 11.5 Å². The molecule has 1 aromatic carbocycles. The third-order valence-corrected chi connectivity index (χ3v) is 4.07. The second-order valence-electron chi connectivity index (χ2n) is 5.74. The zero-order chi connectivity index (χ0) is 18.4. The quantitative estimate of drug-likeness (QED) is 0.759. The number of aromatic nitrogens is 1. The van der Waals surface area contributed by atoms with E-state index in [1.54, 1.807) is 25.3 Å². The minimum Gasteiger partial charge on any atom is -0.493 e. The van der Waals surface area contributed by atoms with E-state index in [-0.39, 0.29) is 12.5 Å². The highest BCUT2D eigenvalue weighted by Gasteiger charge is 2.14. The van der Waals surface area contributed by atoms with Gasteiger partial charge in [0.1, 0.15) is 5.76 Å². The number of hydrogen-bond acceptors (Lipinski definition) is 6. The molecule has 1 atom stereocenters. The van der Waals surface area contributed by atoms with Gasteiger partial charge in [-0.05, 0) is 38.0 Å². The lowest BCUT2D eigenvalue weighted by Crippen LogP contribution is -2.28. The summed E-state index contributed by atoms with van der Waals surface area (Å²) in [5.41, 5.74) is 2.40. The molecule has 1 amide bonds. The molecule has 0 bridgehead atoms. The fraction of sp³-hybridized carbons (Fsp3) is 0.444. The van der Waals surface area contributed by atoms with Gasteiger partial charge in [-0.15, -0.1) is 0 Å². The smallest absolute Gasteiger partial charge is 0.220 e. The Morgan fingerprint density at radius 3 is 2.60 bits per heavy atom. The molecule has 0 saturated heterocycles. The Morgan fingerprint density at radius 2 is 2.00 bits per heavy atom. The SMILES string of the molecule is COc1ccc(C(O)CNC(=O)CCc2c(C)noc2C)cc1OC. The Morgan fingerprint density at radius 1 is 1.28 bits per heavy atom. The van der Waals surface area contributed by atoms with Crippen LogP contribution in [0.5, 0.6) is 11.5 Å². The number of hydrogen-bond donors (Lipinski definition) is 2. The van der Waals surface area contributed by atoms with Crippen molar-refractivity contribution >= 4 is 5.91 Å². The van der Waals surface area contributed by atoms with Crippen molar-refractivity contribution < 1.29 is 23.9 Å². The average molecular weight is 348 g/mol. The second-order valence-corrected chi connectivity index (χ2v) is 5.74. The molecule has 2 rings (SSSR count). The zero-order valence-corrected chi connectivity index (χ0v) is 15.0. The number of ether oxygens (including phenoxy) is 2. The maximum atomic E-state index is 12.0. The Labute approximate surface area is 146 Å². The summed E-state index contributed by atoms with van der Waals surface area (Å²) in [5, 5.41) is 16.9. The summed E-state index contributed by atoms with van der Waals surface area (Å²) < 4.78 is 15.5. The molecule has 1 unspecified atom stereocenters. The molecule has 1 aromatic heterocycles. The molecule has 0 aliphatic rings. The molecule has 136 valence electrons. The summed E-state index contributed by atoms with van der Waals surface area (Å²) in [6, 6.07) is 5.15. The first-order valence-electron chi connectivity index (χ1n) is 8.04. The molecular weight excluding hydrogens is 324 g/mol. The molecule has 0 aliphatic heterocycles. The minimum absolute atomic E-state index is 0.121. The van der Waals surface area contributed by atoms with Gasteiger partial charge < -0.3 is 24.4 Å². The largest absolute Gasteiger partial charge is 0.493 e. The lowest BCUT2D eigenvalue weighted by molar-refractivity contribution is -0.121. The first-order valence-corrected chi connectivity index (χ1v) is 8.04. The third kappa shape index (κ3) is 4.73. The number of methoxy groups -OCH3 is 2. The zero-order valence-electron chi connectivity index (χ0n) is 15.0. The number of rotatable bonds is 8. The Balaban J connectivity index is 1.87. The van der Waals surface area contributed by atoms with Gasteiger partial charge in [0, 0.05) is 18.5 Å². The Bertz CT molecular complexity index is 707. The van der Waals surface area contributed by atoms with Crippen molar-refractivity contribution in [2.45, 2.75) is 32.8 Å². The Kier molecular flexibility index (Phi) is 6.41. The van der Waals surface area contributed by atoms with Crippen LogP contribution in [0.15, 0.2) is 22.7 Å². The lowest BCUT2D eigenvalue weighted by atomic mass is 10.1. The van der Waals surface area contributed by atoms with E-state index in [0.29, 0.717) is 29.9 Å². The number of aliphatic hydroxyl groups excluding tert-OH is 1. The standard InChI is InChI=1S/C18H24N2O5/c1-11-14(12(2)25-20-11)6-8-18(22)19-10-15(21)13-5-7-16(23-3)17(9-13)24-4/h5,7,9,15,21H,6,8,10H2,1-4H3,(H,19,22). The van der Waals surface area contributed by atoms with Crippen molar-refractivity contribution in [2.24, 2.45) is 0 Å². The highest BCUT2D eigenvalue weighted by molar-refractivity contribution is 5.76. The van der Waals surface area contributed by atoms with Crippen molar-refractivity contribution in [1.82, 2.24) is 10.5 Å². The number of carbonyl (C=O) groups excluding carboxylic acids is 1. The van der Waals surface area contributed by atoms with Crippen molar-refractivity contribution in [3.63, 3.8) is 0 Å². The third-order valence-electron chi connectivity index (χ3n) is 4.07. The van der Waals surface area contributed by atoms with Crippen LogP contribution >= 0.6 is 0 Å². The van der Waals surface area contributed by atoms with E-state index >= 15 is 0 Å². The first kappa shape index (κ1) is 18.8. The van der Waals surface area contributed by atoms with Gasteiger partial charge in [0.15, 0.2) is 11.5 Å². The van der Waals surface area contributed by atoms with Gasteiger partial charge >= 0.3 is 0 Å². The van der Waals surface area contributed by atoms with E-state index in [2.05, 4.69) is 10.5 Å². The van der Waals surface area contributed by atoms with E-state index in [1.165, 1.54) is 7.11 Å². The number of aliphatic hydroxyl groups is 1. The highest BCUT2D eigenvalue weighted by atomic mass is 16.5. The molecule has 0 aliphatic carbocycles. The molecule has 2 aromatic rings. The van der Waals surface area contributed by atoms with E-state index in [1.807, 2.05) is 13.8 Å². The van der Waals surface area contributed by atoms with Gasteiger partial charge in [0.2, 0.25) is 5.91 Å². The maximum absolute atomic E-state index is 12.0. The molecule has 2 N–H and O–H groups in total. The summed E-state index contributed by atoms with van der Waals surface area (Å²) in [5.74, 6) is 1.71. The van der Waals surface area contributed by atoms with Crippen LogP contribution in [0.25, 0.3) is 0 Å². The topological polar surface area (TPSA) is 93.8 Å². The van der Waals surface area contributed by atoms with E-state index < -0.39 is 6.10 Å². The monoisotopic (exact) mass is 348 g/mol. The number of benzene rings is 1. The van der Waals surface area contributed by atoms with E-state index in [4.69, 9.17) is 14.0 Å². The fourth-order valence-electron chi connectivity index (χ4n) is 2.57. The summed E-state index contributed by atoms with van der Waals surface area (Å²) in [4.78, 5) is 12.0. The minimum atomic E-state index is -0.831. The van der Waals surface area contributed by atoms with Crippen LogP contribution in [0.3, 0.4) is 0 Å². The summed E-state index contributed by atoms with van der Waals surface area (Å²) in [7, 11) is 3.08. The molecule has 25 heavy (non-hydrogen) atoms. The summed E-state index contributed by atoms with van der Waals surface area (Å²) in [6.07, 6.45) is 0.0314. The van der Waals surface area contributed by atoms with Crippen LogP contribution < -0.4 is 14.8 Å². The number of aryl methyl sites for hydroxylation is 2. The van der Waals surface area contributed by atoms with Gasteiger partial charge in [-0.25, -0.2) is 0 Å². The van der Waals surface area contributed by atoms with Crippen LogP contribution in [0.1, 0.15) is 35.1 Å². The van der Waals surface area contributed by atoms with Crippen molar-refractivity contribution in [3.05, 3.63) is 40.8 Å². The summed E-state index contributed by atoms with van der Waals surface area (Å²) in [6.45, 7) is 3.80. The Hall–Kier alpha value is -2.54. The molecule has 7 nitrogen and oxygen atoms in total. The molecule has 0 saturated carbocycles. The van der Waals surface area contributed by atoms with Crippen LogP contribution in [-0.2, 0) is 11.2 Å². The van der Waals surface area contributed by atoms with Crippen LogP contribution in [0.2, 0.25) is 0 Å².